The molecule has 0 spiro atoms. The molecule has 3 aromatic rings. The number of fused-ring (bicyclic) bond motifs is 1. The molecule has 1 fully saturated rings. The molecule has 2 heterocycles. The minimum absolute atomic E-state index is 0.919. The largest absolute Gasteiger partial charge is 0.304 e. The van der Waals surface area contributed by atoms with Gasteiger partial charge in [0.25, 0.3) is 0 Å². The van der Waals surface area contributed by atoms with Crippen LogP contribution in [0.15, 0.2) is 60.8 Å². The highest BCUT2D eigenvalue weighted by atomic mass is 15.2. The molecular formula is C28H31N3. The zero-order valence-electron chi connectivity index (χ0n) is 18.9. The lowest BCUT2D eigenvalue weighted by molar-refractivity contribution is 0.148. The van der Waals surface area contributed by atoms with Crippen molar-refractivity contribution in [2.24, 2.45) is 0 Å². The Morgan fingerprint density at radius 2 is 1.52 bits per heavy atom. The Bertz CT molecular complexity index is 1100. The fourth-order valence-corrected chi connectivity index (χ4v) is 4.83. The first-order valence-electron chi connectivity index (χ1n) is 11.3. The molecular weight excluding hydrogens is 378 g/mol. The maximum absolute atomic E-state index is 4.81. The van der Waals surface area contributed by atoms with Gasteiger partial charge in [-0.1, -0.05) is 59.7 Å². The molecule has 0 saturated carbocycles. The van der Waals surface area contributed by atoms with Crippen molar-refractivity contribution in [3.8, 4) is 11.1 Å². The lowest BCUT2D eigenvalue weighted by atomic mass is 9.95. The summed E-state index contributed by atoms with van der Waals surface area (Å²) in [5, 5.41) is 0. The number of nitrogens with zero attached hydrogens (tertiary/aromatic N) is 3. The third-order valence-electron chi connectivity index (χ3n) is 6.58. The van der Waals surface area contributed by atoms with Crippen molar-refractivity contribution in [3.63, 3.8) is 0 Å². The lowest BCUT2D eigenvalue weighted by Gasteiger charge is -2.32. The molecule has 0 N–H and O–H groups in total. The van der Waals surface area contributed by atoms with Crippen molar-refractivity contribution in [1.29, 1.82) is 0 Å². The van der Waals surface area contributed by atoms with Gasteiger partial charge in [0.15, 0.2) is 0 Å². The molecule has 2 aromatic carbocycles. The van der Waals surface area contributed by atoms with Crippen molar-refractivity contribution >= 4 is 5.57 Å². The van der Waals surface area contributed by atoms with Gasteiger partial charge in [-0.2, -0.15) is 0 Å². The van der Waals surface area contributed by atoms with E-state index in [2.05, 4.69) is 85.3 Å². The monoisotopic (exact) mass is 409 g/mol. The van der Waals surface area contributed by atoms with E-state index >= 15 is 0 Å². The van der Waals surface area contributed by atoms with Gasteiger partial charge >= 0.3 is 0 Å². The second-order valence-electron chi connectivity index (χ2n) is 9.19. The van der Waals surface area contributed by atoms with E-state index in [1.165, 1.54) is 50.2 Å². The third kappa shape index (κ3) is 4.34. The molecule has 158 valence electrons. The van der Waals surface area contributed by atoms with Crippen LogP contribution in [-0.4, -0.2) is 48.0 Å². The summed E-state index contributed by atoms with van der Waals surface area (Å²) in [6, 6.07) is 18.2. The lowest BCUT2D eigenvalue weighted by Crippen LogP contribution is -2.43. The van der Waals surface area contributed by atoms with Crippen molar-refractivity contribution in [1.82, 2.24) is 14.8 Å². The number of allylic oxidation sites excluding steroid dienone is 1. The summed E-state index contributed by atoms with van der Waals surface area (Å²) in [5.41, 5.74) is 11.5. The molecule has 0 atom stereocenters. The normalized spacial score (nSPS) is 16.9. The molecule has 1 saturated heterocycles. The van der Waals surface area contributed by atoms with Crippen LogP contribution in [-0.2, 0) is 13.0 Å². The number of hydrogen-bond donors (Lipinski definition) is 0. The van der Waals surface area contributed by atoms with Gasteiger partial charge in [0.1, 0.15) is 0 Å². The minimum Gasteiger partial charge on any atom is -0.304 e. The first kappa shape index (κ1) is 20.2. The third-order valence-corrected chi connectivity index (χ3v) is 6.58. The molecule has 1 aliphatic heterocycles. The standard InChI is InChI=1S/C28H31N3/c1-20-14-21(2)16-24(15-20)26-8-9-28-27(26)17-25(18-29-28)23-6-4-22(5-7-23)19-31-12-10-30(3)11-13-31/h4-8,14-18H,9-13,19H2,1-3H3. The maximum Gasteiger partial charge on any atom is 0.0520 e. The van der Waals surface area contributed by atoms with E-state index in [4.69, 9.17) is 4.98 Å². The van der Waals surface area contributed by atoms with Crippen molar-refractivity contribution in [2.75, 3.05) is 33.2 Å². The topological polar surface area (TPSA) is 19.4 Å². The van der Waals surface area contributed by atoms with Gasteiger partial charge in [-0.3, -0.25) is 9.88 Å². The number of benzene rings is 2. The van der Waals surface area contributed by atoms with Gasteiger partial charge in [0, 0.05) is 56.5 Å². The SMILES string of the molecule is Cc1cc(C)cc(C2=CCc3ncc(-c4ccc(CN5CCN(C)CC5)cc4)cc32)c1. The first-order chi connectivity index (χ1) is 15.0. The number of hydrogen-bond acceptors (Lipinski definition) is 3. The number of likely N-dealkylation sites (N-methyl/N-ethyl adjacent to an activating group) is 1. The molecule has 0 bridgehead atoms. The fraction of sp³-hybridized carbons (Fsp3) is 0.321. The average Bonchev–Trinajstić information content (AvgIpc) is 3.19. The summed E-state index contributed by atoms with van der Waals surface area (Å²) in [7, 11) is 2.21. The summed E-state index contributed by atoms with van der Waals surface area (Å²) in [4.78, 5) is 9.77. The Kier molecular flexibility index (Phi) is 5.47. The Morgan fingerprint density at radius 3 is 2.23 bits per heavy atom. The summed E-state index contributed by atoms with van der Waals surface area (Å²) in [6.45, 7) is 10.0. The Morgan fingerprint density at radius 1 is 0.806 bits per heavy atom. The van der Waals surface area contributed by atoms with Gasteiger partial charge in [-0.15, -0.1) is 0 Å². The van der Waals surface area contributed by atoms with Crippen molar-refractivity contribution < 1.29 is 0 Å². The second kappa shape index (κ2) is 8.41. The Labute approximate surface area is 186 Å². The summed E-state index contributed by atoms with van der Waals surface area (Å²) in [5.74, 6) is 0. The zero-order valence-corrected chi connectivity index (χ0v) is 18.9. The summed E-state index contributed by atoms with van der Waals surface area (Å²) in [6.07, 6.45) is 5.28. The maximum atomic E-state index is 4.81. The molecule has 5 rings (SSSR count). The molecule has 2 aliphatic rings. The Balaban J connectivity index is 1.37. The highest BCUT2D eigenvalue weighted by Crippen LogP contribution is 2.35. The number of aryl methyl sites for hydroxylation is 2. The molecule has 3 heteroatoms. The van der Waals surface area contributed by atoms with Crippen molar-refractivity contribution in [2.45, 2.75) is 26.8 Å². The van der Waals surface area contributed by atoms with Crippen LogP contribution < -0.4 is 0 Å². The number of piperazine rings is 1. The molecule has 3 nitrogen and oxygen atoms in total. The molecule has 1 aromatic heterocycles. The van der Waals surface area contributed by atoms with E-state index in [0.29, 0.717) is 0 Å². The van der Waals surface area contributed by atoms with E-state index in [1.807, 2.05) is 6.20 Å². The van der Waals surface area contributed by atoms with E-state index in [9.17, 15) is 0 Å². The highest BCUT2D eigenvalue weighted by Gasteiger charge is 2.19. The van der Waals surface area contributed by atoms with E-state index < -0.39 is 0 Å². The smallest absolute Gasteiger partial charge is 0.0520 e. The quantitative estimate of drug-likeness (QED) is 0.598. The molecule has 31 heavy (non-hydrogen) atoms. The summed E-state index contributed by atoms with van der Waals surface area (Å²) < 4.78 is 0. The molecule has 0 amide bonds. The van der Waals surface area contributed by atoms with Crippen LogP contribution in [0, 0.1) is 13.8 Å². The average molecular weight is 410 g/mol. The van der Waals surface area contributed by atoms with Gasteiger partial charge in [-0.05, 0) is 49.2 Å². The van der Waals surface area contributed by atoms with Crippen LogP contribution in [0.3, 0.4) is 0 Å². The van der Waals surface area contributed by atoms with Crippen LogP contribution in [0.4, 0.5) is 0 Å². The van der Waals surface area contributed by atoms with Crippen molar-refractivity contribution in [3.05, 3.63) is 94.3 Å². The number of pyridine rings is 1. The minimum atomic E-state index is 0.919. The first-order valence-corrected chi connectivity index (χ1v) is 11.3. The second-order valence-corrected chi connectivity index (χ2v) is 9.19. The zero-order chi connectivity index (χ0) is 21.4. The highest BCUT2D eigenvalue weighted by molar-refractivity contribution is 5.86. The van der Waals surface area contributed by atoms with Crippen LogP contribution in [0.2, 0.25) is 0 Å². The summed E-state index contributed by atoms with van der Waals surface area (Å²) >= 11 is 0. The molecule has 0 unspecified atom stereocenters. The van der Waals surface area contributed by atoms with Crippen LogP contribution >= 0.6 is 0 Å². The molecule has 1 aliphatic carbocycles. The predicted molar refractivity (Wildman–Crippen MR) is 129 cm³/mol. The number of rotatable bonds is 4. The van der Waals surface area contributed by atoms with Gasteiger partial charge in [-0.25, -0.2) is 0 Å². The van der Waals surface area contributed by atoms with Crippen LogP contribution in [0.1, 0.15) is 33.5 Å². The van der Waals surface area contributed by atoms with E-state index in [1.54, 1.807) is 0 Å². The van der Waals surface area contributed by atoms with Crippen LogP contribution in [0.25, 0.3) is 16.7 Å². The van der Waals surface area contributed by atoms with Gasteiger partial charge in [0.05, 0.1) is 5.69 Å². The van der Waals surface area contributed by atoms with E-state index in [-0.39, 0.29) is 0 Å². The number of aromatic nitrogens is 1. The molecule has 0 radical (unpaired) electrons. The fourth-order valence-electron chi connectivity index (χ4n) is 4.83. The van der Waals surface area contributed by atoms with Gasteiger partial charge in [0.2, 0.25) is 0 Å². The van der Waals surface area contributed by atoms with Crippen LogP contribution in [0.5, 0.6) is 0 Å². The Hall–Kier alpha value is -2.75. The predicted octanol–water partition coefficient (Wildman–Crippen LogP) is 5.10. The van der Waals surface area contributed by atoms with Gasteiger partial charge < -0.3 is 4.90 Å². The van der Waals surface area contributed by atoms with E-state index in [0.717, 1.165) is 39.1 Å².